The van der Waals surface area contributed by atoms with E-state index in [1.165, 1.54) is 6.26 Å². The molecule has 0 aliphatic carbocycles. The molecule has 0 unspecified atom stereocenters. The Morgan fingerprint density at radius 1 is 1.00 bits per heavy atom. The van der Waals surface area contributed by atoms with Gasteiger partial charge in [-0.3, -0.25) is 9.59 Å². The van der Waals surface area contributed by atoms with Crippen LogP contribution in [0, 0.1) is 0 Å². The smallest absolute Gasteiger partial charge is 0.258 e. The average molecular weight is 420 g/mol. The van der Waals surface area contributed by atoms with E-state index in [4.69, 9.17) is 20.8 Å². The summed E-state index contributed by atoms with van der Waals surface area (Å²) in [6.45, 7) is 0.152. The van der Waals surface area contributed by atoms with Gasteiger partial charge in [-0.05, 0) is 29.3 Å². The van der Waals surface area contributed by atoms with E-state index in [9.17, 15) is 9.59 Å². The van der Waals surface area contributed by atoms with Gasteiger partial charge in [0.25, 0.3) is 5.91 Å². The van der Waals surface area contributed by atoms with Crippen LogP contribution in [0.25, 0.3) is 22.1 Å². The van der Waals surface area contributed by atoms with Crippen molar-refractivity contribution in [3.8, 4) is 16.9 Å². The number of ether oxygens (including phenoxy) is 1. The largest absolute Gasteiger partial charge is 0.484 e. The van der Waals surface area contributed by atoms with Crippen LogP contribution in [0.1, 0.15) is 5.56 Å². The van der Waals surface area contributed by atoms with Gasteiger partial charge in [-0.15, -0.1) is 0 Å². The van der Waals surface area contributed by atoms with E-state index in [1.54, 1.807) is 24.3 Å². The lowest BCUT2D eigenvalue weighted by atomic mass is 10.1. The molecule has 0 radical (unpaired) electrons. The maximum Gasteiger partial charge on any atom is 0.258 e. The Kier molecular flexibility index (Phi) is 5.82. The van der Waals surface area contributed by atoms with Gasteiger partial charge >= 0.3 is 0 Å². The summed E-state index contributed by atoms with van der Waals surface area (Å²) in [6.07, 6.45) is 1.44. The van der Waals surface area contributed by atoms with Gasteiger partial charge in [0, 0.05) is 17.6 Å². The Bertz CT molecular complexity index is 1250. The maximum absolute atomic E-state index is 12.8. The van der Waals surface area contributed by atoms with Crippen molar-refractivity contribution in [3.05, 3.63) is 99.9 Å². The molecule has 0 atom stereocenters. The topological polar surface area (TPSA) is 68.5 Å². The number of rotatable bonds is 6. The number of hydrogen-bond acceptors (Lipinski definition) is 4. The lowest BCUT2D eigenvalue weighted by Gasteiger charge is -2.09. The first-order valence-electron chi connectivity index (χ1n) is 9.36. The van der Waals surface area contributed by atoms with Gasteiger partial charge in [0.1, 0.15) is 17.6 Å². The number of benzene rings is 3. The van der Waals surface area contributed by atoms with Gasteiger partial charge in [-0.25, -0.2) is 0 Å². The third-order valence-corrected chi connectivity index (χ3v) is 5.00. The number of carbonyl (C=O) groups excluding carboxylic acids is 1. The Balaban J connectivity index is 1.43. The molecule has 0 fully saturated rings. The lowest BCUT2D eigenvalue weighted by Crippen LogP contribution is -2.28. The first-order chi connectivity index (χ1) is 14.6. The van der Waals surface area contributed by atoms with Crippen molar-refractivity contribution >= 4 is 28.5 Å². The molecule has 0 spiro atoms. The molecule has 0 saturated heterocycles. The standard InChI is InChI=1S/C24H18ClNO4/c25-21-9-5-4-8-17(21)13-26-23(27)15-29-18-10-11-19-22(12-18)30-14-20(24(19)28)16-6-2-1-3-7-16/h1-12,14H,13,15H2,(H,26,27). The summed E-state index contributed by atoms with van der Waals surface area (Å²) < 4.78 is 11.2. The molecule has 4 rings (SSSR count). The van der Waals surface area contributed by atoms with Gasteiger partial charge in [0.05, 0.1) is 10.9 Å². The highest BCUT2D eigenvalue weighted by Crippen LogP contribution is 2.23. The van der Waals surface area contributed by atoms with Crippen LogP contribution in [0.2, 0.25) is 5.02 Å². The molecule has 5 nitrogen and oxygen atoms in total. The number of amides is 1. The van der Waals surface area contributed by atoms with Crippen LogP contribution in [0.3, 0.4) is 0 Å². The van der Waals surface area contributed by atoms with Crippen LogP contribution < -0.4 is 15.5 Å². The first-order valence-corrected chi connectivity index (χ1v) is 9.73. The Hall–Kier alpha value is -3.57. The van der Waals surface area contributed by atoms with Crippen molar-refractivity contribution in [2.24, 2.45) is 0 Å². The van der Waals surface area contributed by atoms with E-state index < -0.39 is 0 Å². The van der Waals surface area contributed by atoms with E-state index >= 15 is 0 Å². The van der Waals surface area contributed by atoms with Crippen LogP contribution in [0.5, 0.6) is 5.75 Å². The highest BCUT2D eigenvalue weighted by atomic mass is 35.5. The highest BCUT2D eigenvalue weighted by molar-refractivity contribution is 6.31. The fraction of sp³-hybridized carbons (Fsp3) is 0.0833. The third-order valence-electron chi connectivity index (χ3n) is 4.63. The fourth-order valence-electron chi connectivity index (χ4n) is 3.05. The molecule has 30 heavy (non-hydrogen) atoms. The zero-order valence-corrected chi connectivity index (χ0v) is 16.7. The number of fused-ring (bicyclic) bond motifs is 1. The van der Waals surface area contributed by atoms with E-state index in [0.29, 0.717) is 33.8 Å². The minimum absolute atomic E-state index is 0.119. The van der Waals surface area contributed by atoms with E-state index in [2.05, 4.69) is 5.32 Å². The summed E-state index contributed by atoms with van der Waals surface area (Å²) >= 11 is 6.08. The van der Waals surface area contributed by atoms with Crippen molar-refractivity contribution in [1.29, 1.82) is 0 Å². The van der Waals surface area contributed by atoms with Crippen molar-refractivity contribution in [2.45, 2.75) is 6.54 Å². The number of halogens is 1. The number of hydrogen-bond donors (Lipinski definition) is 1. The molecule has 1 amide bonds. The van der Waals surface area contributed by atoms with Gasteiger partial charge < -0.3 is 14.5 Å². The average Bonchev–Trinajstić information content (AvgIpc) is 2.78. The molecular formula is C24H18ClNO4. The Morgan fingerprint density at radius 2 is 1.77 bits per heavy atom. The molecule has 0 aliphatic heterocycles. The van der Waals surface area contributed by atoms with Crippen molar-refractivity contribution < 1.29 is 13.9 Å². The van der Waals surface area contributed by atoms with Crippen LogP contribution in [-0.4, -0.2) is 12.5 Å². The second-order valence-corrected chi connectivity index (χ2v) is 7.07. The quantitative estimate of drug-likeness (QED) is 0.487. The molecule has 3 aromatic carbocycles. The molecule has 0 aliphatic rings. The Morgan fingerprint density at radius 3 is 2.57 bits per heavy atom. The molecule has 150 valence electrons. The number of nitrogens with one attached hydrogen (secondary N) is 1. The molecule has 4 aromatic rings. The van der Waals surface area contributed by atoms with Crippen molar-refractivity contribution in [3.63, 3.8) is 0 Å². The summed E-state index contributed by atoms with van der Waals surface area (Å²) in [4.78, 5) is 24.8. The maximum atomic E-state index is 12.8. The third kappa shape index (κ3) is 4.36. The minimum atomic E-state index is -0.282. The zero-order chi connectivity index (χ0) is 20.9. The zero-order valence-electron chi connectivity index (χ0n) is 15.9. The predicted octanol–water partition coefficient (Wildman–Crippen LogP) is 4.81. The molecule has 0 saturated carbocycles. The van der Waals surface area contributed by atoms with Crippen LogP contribution >= 0.6 is 11.6 Å². The molecule has 1 heterocycles. The van der Waals surface area contributed by atoms with E-state index in [1.807, 2.05) is 48.5 Å². The van der Waals surface area contributed by atoms with E-state index in [0.717, 1.165) is 11.1 Å². The summed E-state index contributed by atoms with van der Waals surface area (Å²) in [7, 11) is 0. The van der Waals surface area contributed by atoms with E-state index in [-0.39, 0.29) is 17.9 Å². The summed E-state index contributed by atoms with van der Waals surface area (Å²) in [5.41, 5.74) is 2.40. The van der Waals surface area contributed by atoms with Crippen LogP contribution in [0.4, 0.5) is 0 Å². The van der Waals surface area contributed by atoms with Gasteiger partial charge in [0.15, 0.2) is 12.0 Å². The lowest BCUT2D eigenvalue weighted by molar-refractivity contribution is -0.123. The predicted molar refractivity (Wildman–Crippen MR) is 117 cm³/mol. The first kappa shape index (κ1) is 19.7. The molecular weight excluding hydrogens is 402 g/mol. The fourth-order valence-corrected chi connectivity index (χ4v) is 3.25. The van der Waals surface area contributed by atoms with Crippen molar-refractivity contribution in [1.82, 2.24) is 5.32 Å². The summed E-state index contributed by atoms with van der Waals surface area (Å²) in [6, 6.07) is 21.5. The highest BCUT2D eigenvalue weighted by Gasteiger charge is 2.11. The minimum Gasteiger partial charge on any atom is -0.484 e. The SMILES string of the molecule is O=C(COc1ccc2c(=O)c(-c3ccccc3)coc2c1)NCc1ccccc1Cl. The van der Waals surface area contributed by atoms with Crippen LogP contribution in [0.15, 0.2) is 88.3 Å². The van der Waals surface area contributed by atoms with Gasteiger partial charge in [-0.1, -0.05) is 60.1 Å². The second-order valence-electron chi connectivity index (χ2n) is 6.66. The second kappa shape index (κ2) is 8.84. The number of carbonyl (C=O) groups is 1. The molecule has 0 bridgehead atoms. The van der Waals surface area contributed by atoms with Crippen molar-refractivity contribution in [2.75, 3.05) is 6.61 Å². The molecule has 1 N–H and O–H groups in total. The summed E-state index contributed by atoms with van der Waals surface area (Å²) in [5.74, 6) is 0.155. The normalized spacial score (nSPS) is 10.7. The monoisotopic (exact) mass is 419 g/mol. The van der Waals surface area contributed by atoms with Gasteiger partial charge in [0.2, 0.25) is 0 Å². The molecule has 1 aromatic heterocycles. The van der Waals surface area contributed by atoms with Gasteiger partial charge in [-0.2, -0.15) is 0 Å². The summed E-state index contributed by atoms with van der Waals surface area (Å²) in [5, 5.41) is 3.81. The Labute approximate surface area is 177 Å². The molecule has 6 heteroatoms. The van der Waals surface area contributed by atoms with Crippen LogP contribution in [-0.2, 0) is 11.3 Å².